The van der Waals surface area contributed by atoms with Gasteiger partial charge in [0.25, 0.3) is 5.91 Å². The zero-order chi connectivity index (χ0) is 17.8. The van der Waals surface area contributed by atoms with Crippen LogP contribution in [0.5, 0.6) is 11.5 Å². The van der Waals surface area contributed by atoms with Gasteiger partial charge in [0.05, 0.1) is 12.0 Å². The van der Waals surface area contributed by atoms with E-state index in [4.69, 9.17) is 14.9 Å². The van der Waals surface area contributed by atoms with Crippen LogP contribution in [0.1, 0.15) is 11.1 Å². The maximum atomic E-state index is 13.0. The van der Waals surface area contributed by atoms with E-state index in [1.165, 1.54) is 12.1 Å². The molecule has 1 heterocycles. The van der Waals surface area contributed by atoms with Crippen LogP contribution in [-0.4, -0.2) is 18.2 Å². The molecule has 25 heavy (non-hydrogen) atoms. The van der Waals surface area contributed by atoms with Crippen molar-refractivity contribution in [2.45, 2.75) is 6.61 Å². The van der Waals surface area contributed by atoms with Gasteiger partial charge in [0.2, 0.25) is 0 Å². The van der Waals surface area contributed by atoms with E-state index < -0.39 is 0 Å². The minimum absolute atomic E-state index is 0.109. The van der Waals surface area contributed by atoms with Crippen LogP contribution < -0.4 is 14.8 Å². The molecular formula is C18H15FN2O3S. The number of hydrogen-bond donors (Lipinski definition) is 2. The van der Waals surface area contributed by atoms with Gasteiger partial charge in [0.15, 0.2) is 16.7 Å². The molecule has 0 unspecified atom stereocenters. The summed E-state index contributed by atoms with van der Waals surface area (Å²) in [6.07, 6.45) is 1.69. The van der Waals surface area contributed by atoms with Gasteiger partial charge in [0.1, 0.15) is 12.4 Å². The number of carbonyl (C=O) groups is 1. The number of benzene rings is 2. The smallest absolute Gasteiger partial charge is 0.264 e. The first-order chi connectivity index (χ1) is 12.0. The summed E-state index contributed by atoms with van der Waals surface area (Å²) in [6, 6.07) is 11.4. The average Bonchev–Trinajstić information content (AvgIpc) is 2.92. The second kappa shape index (κ2) is 7.40. The number of amides is 1. The van der Waals surface area contributed by atoms with Crippen LogP contribution >= 0.6 is 11.8 Å². The van der Waals surface area contributed by atoms with Crippen molar-refractivity contribution in [3.63, 3.8) is 0 Å². The van der Waals surface area contributed by atoms with Crippen molar-refractivity contribution in [3.8, 4) is 11.5 Å². The van der Waals surface area contributed by atoms with Gasteiger partial charge >= 0.3 is 0 Å². The predicted molar refractivity (Wildman–Crippen MR) is 95.2 cm³/mol. The molecule has 1 aliphatic rings. The molecule has 1 fully saturated rings. The lowest BCUT2D eigenvalue weighted by molar-refractivity contribution is -0.115. The van der Waals surface area contributed by atoms with Gasteiger partial charge in [-0.05, 0) is 53.2 Å². The van der Waals surface area contributed by atoms with Crippen LogP contribution in [0.2, 0.25) is 0 Å². The molecule has 1 saturated heterocycles. The van der Waals surface area contributed by atoms with Crippen molar-refractivity contribution < 1.29 is 18.7 Å². The van der Waals surface area contributed by atoms with E-state index in [2.05, 4.69) is 5.32 Å². The zero-order valence-electron chi connectivity index (χ0n) is 13.3. The summed E-state index contributed by atoms with van der Waals surface area (Å²) in [4.78, 5) is 12.2. The van der Waals surface area contributed by atoms with E-state index in [0.29, 0.717) is 16.4 Å². The molecule has 0 saturated carbocycles. The van der Waals surface area contributed by atoms with Gasteiger partial charge in [-0.25, -0.2) is 4.39 Å². The van der Waals surface area contributed by atoms with Crippen LogP contribution in [0.15, 0.2) is 47.4 Å². The highest BCUT2D eigenvalue weighted by Crippen LogP contribution is 2.31. The number of nitrogens with one attached hydrogen (secondary N) is 2. The first kappa shape index (κ1) is 17.0. The molecule has 2 aromatic rings. The number of halogens is 1. The lowest BCUT2D eigenvalue weighted by Gasteiger charge is -2.11. The number of carbonyl (C=O) groups excluding carboxylic acids is 1. The number of hydrogen-bond acceptors (Lipinski definition) is 5. The average molecular weight is 358 g/mol. The fourth-order valence-corrected chi connectivity index (χ4v) is 2.93. The fraction of sp³-hybridized carbons (Fsp3) is 0.111. The molecule has 2 N–H and O–H groups in total. The number of amidine groups is 1. The molecule has 3 rings (SSSR count). The molecule has 0 bridgehead atoms. The van der Waals surface area contributed by atoms with Crippen molar-refractivity contribution in [1.82, 2.24) is 5.32 Å². The molecule has 5 nitrogen and oxygen atoms in total. The topological polar surface area (TPSA) is 71.4 Å². The monoisotopic (exact) mass is 358 g/mol. The van der Waals surface area contributed by atoms with E-state index in [9.17, 15) is 9.18 Å². The lowest BCUT2D eigenvalue weighted by Crippen LogP contribution is -2.18. The Bertz CT molecular complexity index is 850. The van der Waals surface area contributed by atoms with Crippen molar-refractivity contribution in [3.05, 3.63) is 64.3 Å². The van der Waals surface area contributed by atoms with E-state index >= 15 is 0 Å². The number of thioether (sulfide) groups is 1. The summed E-state index contributed by atoms with van der Waals surface area (Å²) < 4.78 is 24.0. The second-order valence-electron chi connectivity index (χ2n) is 5.22. The molecule has 2 aromatic carbocycles. The highest BCUT2D eigenvalue weighted by Gasteiger charge is 2.22. The first-order valence-corrected chi connectivity index (χ1v) is 8.21. The Labute approximate surface area is 148 Å². The first-order valence-electron chi connectivity index (χ1n) is 7.40. The Hall–Kier alpha value is -2.80. The molecular weight excluding hydrogens is 343 g/mol. The van der Waals surface area contributed by atoms with E-state index in [1.807, 2.05) is 0 Å². The normalized spacial score (nSPS) is 15.4. The Kier molecular flexibility index (Phi) is 5.04. The lowest BCUT2D eigenvalue weighted by atomic mass is 10.2. The van der Waals surface area contributed by atoms with Crippen molar-refractivity contribution in [2.75, 3.05) is 7.11 Å². The molecule has 0 radical (unpaired) electrons. The fourth-order valence-electron chi connectivity index (χ4n) is 2.23. The van der Waals surface area contributed by atoms with E-state index in [0.717, 1.165) is 22.9 Å². The maximum Gasteiger partial charge on any atom is 0.264 e. The third kappa shape index (κ3) is 4.19. The molecule has 7 heteroatoms. The van der Waals surface area contributed by atoms with Crippen LogP contribution in [0, 0.1) is 11.2 Å². The summed E-state index contributed by atoms with van der Waals surface area (Å²) in [5, 5.41) is 10.0. The molecule has 1 aliphatic heterocycles. The van der Waals surface area contributed by atoms with Crippen LogP contribution in [0.4, 0.5) is 4.39 Å². The van der Waals surface area contributed by atoms with Gasteiger partial charge in [0, 0.05) is 0 Å². The predicted octanol–water partition coefficient (Wildman–Crippen LogP) is 3.55. The second-order valence-corrected chi connectivity index (χ2v) is 6.27. The largest absolute Gasteiger partial charge is 0.493 e. The van der Waals surface area contributed by atoms with Crippen molar-refractivity contribution >= 4 is 28.9 Å². The summed E-state index contributed by atoms with van der Waals surface area (Å²) in [7, 11) is 1.54. The maximum absolute atomic E-state index is 13.0. The van der Waals surface area contributed by atoms with Gasteiger partial charge in [-0.15, -0.1) is 0 Å². The van der Waals surface area contributed by atoms with Gasteiger partial charge in [-0.2, -0.15) is 0 Å². The van der Waals surface area contributed by atoms with Crippen molar-refractivity contribution in [1.29, 1.82) is 5.41 Å². The Balaban J connectivity index is 1.80. The van der Waals surface area contributed by atoms with Gasteiger partial charge in [-0.3, -0.25) is 10.2 Å². The van der Waals surface area contributed by atoms with Crippen LogP contribution in [-0.2, 0) is 11.4 Å². The third-order valence-corrected chi connectivity index (χ3v) is 4.29. The molecule has 0 spiro atoms. The molecule has 128 valence electrons. The number of rotatable bonds is 5. The standard InChI is InChI=1S/C18H15FN2O3S/c1-23-14-7-4-12(9-16-17(22)21-18(20)25-16)8-15(14)24-10-11-2-5-13(19)6-3-11/h2-9H,10H2,1H3,(H2,20,21,22). The molecule has 0 aliphatic carbocycles. The van der Waals surface area contributed by atoms with Crippen molar-refractivity contribution in [2.24, 2.45) is 0 Å². The molecule has 0 aromatic heterocycles. The molecule has 0 atom stereocenters. The Morgan fingerprint density at radius 2 is 1.96 bits per heavy atom. The Morgan fingerprint density at radius 1 is 1.20 bits per heavy atom. The summed E-state index contributed by atoms with van der Waals surface area (Å²) >= 11 is 1.07. The summed E-state index contributed by atoms with van der Waals surface area (Å²) in [6.45, 7) is 0.260. The van der Waals surface area contributed by atoms with Crippen LogP contribution in [0.25, 0.3) is 6.08 Å². The third-order valence-electron chi connectivity index (χ3n) is 3.46. The summed E-state index contributed by atoms with van der Waals surface area (Å²) in [5.74, 6) is 0.479. The summed E-state index contributed by atoms with van der Waals surface area (Å²) in [5.41, 5.74) is 1.58. The number of methoxy groups -OCH3 is 1. The molecule has 1 amide bonds. The van der Waals surface area contributed by atoms with E-state index in [1.54, 1.807) is 43.5 Å². The minimum atomic E-state index is -0.298. The zero-order valence-corrected chi connectivity index (χ0v) is 14.2. The Morgan fingerprint density at radius 3 is 2.60 bits per heavy atom. The van der Waals surface area contributed by atoms with Gasteiger partial charge in [-0.1, -0.05) is 18.2 Å². The van der Waals surface area contributed by atoms with Gasteiger partial charge < -0.3 is 14.8 Å². The minimum Gasteiger partial charge on any atom is -0.493 e. The quantitative estimate of drug-likeness (QED) is 0.802. The van der Waals surface area contributed by atoms with E-state index in [-0.39, 0.29) is 23.5 Å². The van der Waals surface area contributed by atoms with Crippen LogP contribution in [0.3, 0.4) is 0 Å². The number of ether oxygens (including phenoxy) is 2. The SMILES string of the molecule is COc1ccc(C=C2SC(=N)NC2=O)cc1OCc1ccc(F)cc1. The highest BCUT2D eigenvalue weighted by atomic mass is 32.2. The highest BCUT2D eigenvalue weighted by molar-refractivity contribution is 8.18.